The molecule has 1 aliphatic heterocycles. The normalized spacial score (nSPS) is 23.7. The van der Waals surface area contributed by atoms with Crippen LogP contribution in [0.15, 0.2) is 0 Å². The standard InChI is InChI=1S/C11H20N2/c1-2-13-9-5-7-11(10-13)6-3-4-8-12/h11H,2,5-10,12H2,1H3. The van der Waals surface area contributed by atoms with Crippen molar-refractivity contribution in [1.82, 2.24) is 4.90 Å². The lowest BCUT2D eigenvalue weighted by molar-refractivity contribution is 0.185. The molecule has 0 aromatic heterocycles. The zero-order chi connectivity index (χ0) is 9.52. The van der Waals surface area contributed by atoms with E-state index in [1.54, 1.807) is 0 Å². The maximum Gasteiger partial charge on any atom is 0.0551 e. The number of piperidine rings is 1. The number of nitrogens with zero attached hydrogens (tertiary/aromatic N) is 1. The van der Waals surface area contributed by atoms with Crippen LogP contribution < -0.4 is 5.73 Å². The van der Waals surface area contributed by atoms with Gasteiger partial charge in [-0.15, -0.1) is 5.92 Å². The lowest BCUT2D eigenvalue weighted by atomic mass is 9.95. The Morgan fingerprint density at radius 1 is 1.46 bits per heavy atom. The highest BCUT2D eigenvalue weighted by Crippen LogP contribution is 2.18. The largest absolute Gasteiger partial charge is 0.320 e. The molecule has 0 saturated carbocycles. The molecule has 74 valence electrons. The highest BCUT2D eigenvalue weighted by molar-refractivity contribution is 5.01. The number of hydrogen-bond acceptors (Lipinski definition) is 2. The Balaban J connectivity index is 2.25. The number of nitrogens with two attached hydrogens (primary N) is 1. The van der Waals surface area contributed by atoms with Crippen LogP contribution in [0.5, 0.6) is 0 Å². The van der Waals surface area contributed by atoms with Crippen LogP contribution in [0, 0.1) is 17.8 Å². The molecule has 0 aromatic carbocycles. The Hall–Kier alpha value is -0.520. The van der Waals surface area contributed by atoms with Crippen LogP contribution in [0.4, 0.5) is 0 Å². The molecule has 0 aliphatic carbocycles. The van der Waals surface area contributed by atoms with Crippen LogP contribution in [0.3, 0.4) is 0 Å². The zero-order valence-electron chi connectivity index (χ0n) is 8.55. The fraction of sp³-hybridized carbons (Fsp3) is 0.818. The summed E-state index contributed by atoms with van der Waals surface area (Å²) < 4.78 is 0. The average molecular weight is 180 g/mol. The molecular weight excluding hydrogens is 160 g/mol. The summed E-state index contributed by atoms with van der Waals surface area (Å²) in [5.74, 6) is 6.87. The molecule has 2 nitrogen and oxygen atoms in total. The minimum Gasteiger partial charge on any atom is -0.320 e. The Kier molecular flexibility index (Phi) is 4.88. The van der Waals surface area contributed by atoms with E-state index in [0.717, 1.165) is 12.3 Å². The van der Waals surface area contributed by atoms with Crippen molar-refractivity contribution in [1.29, 1.82) is 0 Å². The topological polar surface area (TPSA) is 29.3 Å². The first kappa shape index (κ1) is 10.6. The Labute approximate surface area is 81.5 Å². The molecule has 0 spiro atoms. The first-order chi connectivity index (χ1) is 6.36. The third-order valence-corrected chi connectivity index (χ3v) is 2.67. The van der Waals surface area contributed by atoms with Crippen molar-refractivity contribution in [3.8, 4) is 11.8 Å². The molecule has 0 bridgehead atoms. The lowest BCUT2D eigenvalue weighted by Crippen LogP contribution is -2.34. The molecule has 0 radical (unpaired) electrons. The van der Waals surface area contributed by atoms with E-state index in [2.05, 4.69) is 23.7 Å². The Bertz CT molecular complexity index is 190. The Morgan fingerprint density at radius 2 is 2.31 bits per heavy atom. The Morgan fingerprint density at radius 3 is 3.00 bits per heavy atom. The molecular formula is C11H20N2. The summed E-state index contributed by atoms with van der Waals surface area (Å²) >= 11 is 0. The predicted molar refractivity (Wildman–Crippen MR) is 56.3 cm³/mol. The van der Waals surface area contributed by atoms with E-state index >= 15 is 0 Å². The van der Waals surface area contributed by atoms with Gasteiger partial charge in [0.1, 0.15) is 0 Å². The molecule has 1 heterocycles. The summed E-state index contributed by atoms with van der Waals surface area (Å²) in [5.41, 5.74) is 5.31. The maximum atomic E-state index is 5.31. The van der Waals surface area contributed by atoms with Crippen LogP contribution >= 0.6 is 0 Å². The average Bonchev–Trinajstić information content (AvgIpc) is 2.19. The molecule has 1 atom stereocenters. The molecule has 13 heavy (non-hydrogen) atoms. The van der Waals surface area contributed by atoms with Gasteiger partial charge in [-0.25, -0.2) is 0 Å². The first-order valence-electron chi connectivity index (χ1n) is 5.25. The van der Waals surface area contributed by atoms with Gasteiger partial charge in [0.15, 0.2) is 0 Å². The van der Waals surface area contributed by atoms with Crippen molar-refractivity contribution in [3.05, 3.63) is 0 Å². The molecule has 1 aliphatic rings. The maximum absolute atomic E-state index is 5.31. The molecule has 2 N–H and O–H groups in total. The van der Waals surface area contributed by atoms with Crippen LogP contribution in [0.2, 0.25) is 0 Å². The van der Waals surface area contributed by atoms with Gasteiger partial charge < -0.3 is 10.6 Å². The third-order valence-electron chi connectivity index (χ3n) is 2.67. The fourth-order valence-corrected chi connectivity index (χ4v) is 1.89. The van der Waals surface area contributed by atoms with E-state index in [1.807, 2.05) is 0 Å². The van der Waals surface area contributed by atoms with Crippen LogP contribution in [0.25, 0.3) is 0 Å². The van der Waals surface area contributed by atoms with Crippen LogP contribution in [-0.2, 0) is 0 Å². The van der Waals surface area contributed by atoms with Crippen molar-refractivity contribution in [2.75, 3.05) is 26.2 Å². The van der Waals surface area contributed by atoms with Gasteiger partial charge in [0.2, 0.25) is 0 Å². The van der Waals surface area contributed by atoms with Gasteiger partial charge in [-0.2, -0.15) is 0 Å². The minimum atomic E-state index is 0.504. The number of hydrogen-bond donors (Lipinski definition) is 1. The summed E-state index contributed by atoms with van der Waals surface area (Å²) in [6.07, 6.45) is 3.71. The molecule has 2 heteroatoms. The second-order valence-corrected chi connectivity index (χ2v) is 3.66. The fourth-order valence-electron chi connectivity index (χ4n) is 1.89. The van der Waals surface area contributed by atoms with Gasteiger partial charge in [0, 0.05) is 13.0 Å². The van der Waals surface area contributed by atoms with E-state index in [9.17, 15) is 0 Å². The third kappa shape index (κ3) is 3.80. The molecule has 1 unspecified atom stereocenters. The molecule has 1 saturated heterocycles. The first-order valence-corrected chi connectivity index (χ1v) is 5.25. The van der Waals surface area contributed by atoms with E-state index in [-0.39, 0.29) is 0 Å². The van der Waals surface area contributed by atoms with E-state index < -0.39 is 0 Å². The van der Waals surface area contributed by atoms with Gasteiger partial charge in [-0.05, 0) is 31.8 Å². The SMILES string of the molecule is CCN1CCCC(CC#CCN)C1. The summed E-state index contributed by atoms with van der Waals surface area (Å²) in [6.45, 7) is 6.42. The minimum absolute atomic E-state index is 0.504. The number of rotatable bonds is 2. The van der Waals surface area contributed by atoms with Gasteiger partial charge in [0.05, 0.1) is 6.54 Å². The van der Waals surface area contributed by atoms with E-state index in [1.165, 1.54) is 32.5 Å². The molecule has 0 aromatic rings. The molecule has 0 amide bonds. The summed E-state index contributed by atoms with van der Waals surface area (Å²) in [5, 5.41) is 0. The zero-order valence-corrected chi connectivity index (χ0v) is 8.55. The quantitative estimate of drug-likeness (QED) is 0.644. The molecule has 1 rings (SSSR count). The molecule has 1 fully saturated rings. The summed E-state index contributed by atoms with van der Waals surface area (Å²) in [6, 6.07) is 0. The second-order valence-electron chi connectivity index (χ2n) is 3.66. The predicted octanol–water partition coefficient (Wildman–Crippen LogP) is 1.07. The van der Waals surface area contributed by atoms with Crippen molar-refractivity contribution in [2.45, 2.75) is 26.2 Å². The summed E-state index contributed by atoms with van der Waals surface area (Å²) in [4.78, 5) is 2.51. The van der Waals surface area contributed by atoms with Gasteiger partial charge >= 0.3 is 0 Å². The van der Waals surface area contributed by atoms with Crippen molar-refractivity contribution in [3.63, 3.8) is 0 Å². The van der Waals surface area contributed by atoms with Crippen LogP contribution in [0.1, 0.15) is 26.2 Å². The van der Waals surface area contributed by atoms with E-state index in [0.29, 0.717) is 6.54 Å². The lowest BCUT2D eigenvalue weighted by Gasteiger charge is -2.30. The van der Waals surface area contributed by atoms with Gasteiger partial charge in [0.25, 0.3) is 0 Å². The second kappa shape index (κ2) is 6.01. The summed E-state index contributed by atoms with van der Waals surface area (Å²) in [7, 11) is 0. The highest BCUT2D eigenvalue weighted by Gasteiger charge is 2.17. The van der Waals surface area contributed by atoms with Gasteiger partial charge in [-0.1, -0.05) is 12.8 Å². The smallest absolute Gasteiger partial charge is 0.0551 e. The highest BCUT2D eigenvalue weighted by atomic mass is 15.1. The van der Waals surface area contributed by atoms with E-state index in [4.69, 9.17) is 5.73 Å². The number of likely N-dealkylation sites (tertiary alicyclic amines) is 1. The van der Waals surface area contributed by atoms with Crippen molar-refractivity contribution >= 4 is 0 Å². The monoisotopic (exact) mass is 180 g/mol. The van der Waals surface area contributed by atoms with Crippen molar-refractivity contribution < 1.29 is 0 Å². The van der Waals surface area contributed by atoms with Crippen molar-refractivity contribution in [2.24, 2.45) is 11.7 Å². The van der Waals surface area contributed by atoms with Crippen LogP contribution in [-0.4, -0.2) is 31.1 Å². The van der Waals surface area contributed by atoms with Gasteiger partial charge in [-0.3, -0.25) is 0 Å².